The van der Waals surface area contributed by atoms with E-state index in [-0.39, 0.29) is 0 Å². The van der Waals surface area contributed by atoms with E-state index in [0.29, 0.717) is 18.2 Å². The molecule has 3 aliphatic rings. The van der Waals surface area contributed by atoms with Crippen molar-refractivity contribution in [2.45, 2.75) is 108 Å². The van der Waals surface area contributed by atoms with Gasteiger partial charge in [0.2, 0.25) is 0 Å². The Bertz CT molecular complexity index is 332. The van der Waals surface area contributed by atoms with Gasteiger partial charge in [-0.05, 0) is 50.9 Å². The van der Waals surface area contributed by atoms with Gasteiger partial charge in [-0.2, -0.15) is 0 Å². The molecule has 2 heterocycles. The second kappa shape index (κ2) is 7.00. The predicted molar refractivity (Wildman–Crippen MR) is 88.4 cm³/mol. The number of hydrogen-bond donors (Lipinski definition) is 1. The molecule has 3 rings (SSSR count). The zero-order valence-corrected chi connectivity index (χ0v) is 14.0. The number of nitrogens with zero attached hydrogens (tertiary/aromatic N) is 1. The Morgan fingerprint density at radius 2 is 1.86 bits per heavy atom. The van der Waals surface area contributed by atoms with Crippen LogP contribution in [0.4, 0.5) is 0 Å². The summed E-state index contributed by atoms with van der Waals surface area (Å²) in [5, 5.41) is 9.88. The first-order valence-corrected chi connectivity index (χ1v) is 9.71. The highest BCUT2D eigenvalue weighted by Crippen LogP contribution is 2.54. The minimum Gasteiger partial charge on any atom is -0.395 e. The fourth-order valence-electron chi connectivity index (χ4n) is 5.89. The van der Waals surface area contributed by atoms with Crippen LogP contribution in [0.25, 0.3) is 0 Å². The van der Waals surface area contributed by atoms with Crippen LogP contribution in [0.1, 0.15) is 90.4 Å². The van der Waals surface area contributed by atoms with E-state index < -0.39 is 0 Å². The van der Waals surface area contributed by atoms with Crippen molar-refractivity contribution in [2.75, 3.05) is 6.61 Å². The number of rotatable bonds is 6. The molecule has 2 aliphatic heterocycles. The molecule has 0 aromatic heterocycles. The van der Waals surface area contributed by atoms with Crippen molar-refractivity contribution in [2.24, 2.45) is 5.92 Å². The Balaban J connectivity index is 1.70. The lowest BCUT2D eigenvalue weighted by Gasteiger charge is -2.56. The van der Waals surface area contributed by atoms with Crippen LogP contribution < -0.4 is 0 Å². The molecule has 2 nitrogen and oxygen atoms in total. The van der Waals surface area contributed by atoms with E-state index in [1.807, 2.05) is 0 Å². The van der Waals surface area contributed by atoms with Gasteiger partial charge in [-0.1, -0.05) is 45.4 Å². The summed E-state index contributed by atoms with van der Waals surface area (Å²) in [5.41, 5.74) is 0.499. The molecule has 1 saturated carbocycles. The van der Waals surface area contributed by atoms with Crippen LogP contribution in [0.5, 0.6) is 0 Å². The highest BCUT2D eigenvalue weighted by molar-refractivity contribution is 5.10. The molecule has 2 saturated heterocycles. The summed E-state index contributed by atoms with van der Waals surface area (Å²) in [6.07, 6.45) is 18.1. The summed E-state index contributed by atoms with van der Waals surface area (Å²) in [7, 11) is 0. The second-order valence-electron chi connectivity index (χ2n) is 7.91. The third-order valence-electron chi connectivity index (χ3n) is 6.83. The quantitative estimate of drug-likeness (QED) is 0.729. The average Bonchev–Trinajstić information content (AvgIpc) is 2.90. The minimum absolute atomic E-state index is 0.389. The Morgan fingerprint density at radius 3 is 2.67 bits per heavy atom. The lowest BCUT2D eigenvalue weighted by molar-refractivity contribution is -0.0702. The zero-order chi connectivity index (χ0) is 14.7. The van der Waals surface area contributed by atoms with Crippen molar-refractivity contribution < 1.29 is 5.11 Å². The van der Waals surface area contributed by atoms with E-state index >= 15 is 0 Å². The number of piperidine rings is 1. The van der Waals surface area contributed by atoms with Crippen molar-refractivity contribution in [1.82, 2.24) is 4.90 Å². The van der Waals surface area contributed by atoms with Gasteiger partial charge in [-0.3, -0.25) is 4.90 Å². The molecule has 0 bridgehead atoms. The Morgan fingerprint density at radius 1 is 0.952 bits per heavy atom. The third kappa shape index (κ3) is 2.91. The standard InChI is InChI=1S/C19H35NO/c1-2-3-4-5-9-17-11-10-16-8-6-7-13-19(16)14-12-18(15-21)20(17)19/h16-18,21H,2-15H2,1H3/t16-,17+,18-,19-/m1/s1. The summed E-state index contributed by atoms with van der Waals surface area (Å²) in [4.78, 5) is 2.87. The van der Waals surface area contributed by atoms with E-state index in [0.717, 1.165) is 12.0 Å². The van der Waals surface area contributed by atoms with E-state index in [4.69, 9.17) is 0 Å². The summed E-state index contributed by atoms with van der Waals surface area (Å²) in [5.74, 6) is 0.940. The van der Waals surface area contributed by atoms with Gasteiger partial charge in [-0.25, -0.2) is 0 Å². The van der Waals surface area contributed by atoms with E-state index in [1.54, 1.807) is 0 Å². The van der Waals surface area contributed by atoms with Gasteiger partial charge >= 0.3 is 0 Å². The second-order valence-corrected chi connectivity index (χ2v) is 7.91. The van der Waals surface area contributed by atoms with Gasteiger partial charge in [0.25, 0.3) is 0 Å². The lowest BCUT2D eigenvalue weighted by atomic mass is 9.66. The molecule has 2 heteroatoms. The van der Waals surface area contributed by atoms with Crippen LogP contribution in [-0.4, -0.2) is 34.2 Å². The molecule has 1 N–H and O–H groups in total. The Hall–Kier alpha value is -0.0800. The molecule has 4 atom stereocenters. The fourth-order valence-corrected chi connectivity index (χ4v) is 5.89. The molecule has 0 aromatic rings. The lowest BCUT2D eigenvalue weighted by Crippen LogP contribution is -2.61. The van der Waals surface area contributed by atoms with E-state index in [1.165, 1.54) is 83.5 Å². The highest BCUT2D eigenvalue weighted by Gasteiger charge is 2.55. The molecular formula is C19H35NO. The maximum Gasteiger partial charge on any atom is 0.0587 e. The molecule has 1 spiro atoms. The van der Waals surface area contributed by atoms with Crippen molar-refractivity contribution in [3.8, 4) is 0 Å². The van der Waals surface area contributed by atoms with Crippen LogP contribution in [-0.2, 0) is 0 Å². The fraction of sp³-hybridized carbons (Fsp3) is 1.00. The van der Waals surface area contributed by atoms with Gasteiger partial charge in [0, 0.05) is 17.6 Å². The third-order valence-corrected chi connectivity index (χ3v) is 6.83. The topological polar surface area (TPSA) is 23.5 Å². The van der Waals surface area contributed by atoms with Gasteiger partial charge in [-0.15, -0.1) is 0 Å². The minimum atomic E-state index is 0.389. The van der Waals surface area contributed by atoms with Crippen molar-refractivity contribution >= 4 is 0 Å². The molecule has 0 radical (unpaired) electrons. The van der Waals surface area contributed by atoms with Crippen LogP contribution in [0.2, 0.25) is 0 Å². The maximum absolute atomic E-state index is 9.88. The van der Waals surface area contributed by atoms with Gasteiger partial charge in [0.05, 0.1) is 6.61 Å². The predicted octanol–water partition coefficient (Wildman–Crippen LogP) is 4.50. The molecule has 1 aliphatic carbocycles. The maximum atomic E-state index is 9.88. The Labute approximate surface area is 131 Å². The number of aliphatic hydroxyl groups is 1. The van der Waals surface area contributed by atoms with Crippen LogP contribution >= 0.6 is 0 Å². The van der Waals surface area contributed by atoms with E-state index in [2.05, 4.69) is 11.8 Å². The van der Waals surface area contributed by atoms with Gasteiger partial charge in [0.15, 0.2) is 0 Å². The monoisotopic (exact) mass is 293 g/mol. The van der Waals surface area contributed by atoms with E-state index in [9.17, 15) is 5.11 Å². The zero-order valence-electron chi connectivity index (χ0n) is 14.0. The first kappa shape index (κ1) is 15.8. The van der Waals surface area contributed by atoms with Gasteiger partial charge < -0.3 is 5.11 Å². The summed E-state index contributed by atoms with van der Waals surface area (Å²) < 4.78 is 0. The molecular weight excluding hydrogens is 258 g/mol. The molecule has 3 fully saturated rings. The molecule has 122 valence electrons. The summed E-state index contributed by atoms with van der Waals surface area (Å²) in [6.45, 7) is 2.68. The molecule has 0 aromatic carbocycles. The van der Waals surface area contributed by atoms with Crippen molar-refractivity contribution in [3.05, 3.63) is 0 Å². The first-order valence-electron chi connectivity index (χ1n) is 9.71. The largest absolute Gasteiger partial charge is 0.395 e. The normalized spacial score (nSPS) is 40.0. The average molecular weight is 293 g/mol. The van der Waals surface area contributed by atoms with Crippen LogP contribution in [0.3, 0.4) is 0 Å². The Kier molecular flexibility index (Phi) is 5.27. The summed E-state index contributed by atoms with van der Waals surface area (Å²) >= 11 is 0. The SMILES string of the molecule is CCCCCC[C@H]1CC[C@H]2CCCC[C@@]23CC[C@H](CO)N13. The van der Waals surface area contributed by atoms with Crippen LogP contribution in [0.15, 0.2) is 0 Å². The first-order chi connectivity index (χ1) is 10.3. The molecule has 21 heavy (non-hydrogen) atoms. The molecule has 0 unspecified atom stereocenters. The van der Waals surface area contributed by atoms with Gasteiger partial charge in [0.1, 0.15) is 0 Å². The highest BCUT2D eigenvalue weighted by atomic mass is 16.3. The van der Waals surface area contributed by atoms with Crippen molar-refractivity contribution in [3.63, 3.8) is 0 Å². The summed E-state index contributed by atoms with van der Waals surface area (Å²) in [6, 6.07) is 1.25. The number of aliphatic hydroxyl groups excluding tert-OH is 1. The van der Waals surface area contributed by atoms with Crippen molar-refractivity contribution in [1.29, 1.82) is 0 Å². The number of unbranched alkanes of at least 4 members (excludes halogenated alkanes) is 3. The smallest absolute Gasteiger partial charge is 0.0587 e. The number of hydrogen-bond acceptors (Lipinski definition) is 2. The van der Waals surface area contributed by atoms with Crippen LogP contribution in [0, 0.1) is 5.92 Å². The molecule has 0 amide bonds.